The van der Waals surface area contributed by atoms with E-state index in [0.29, 0.717) is 4.31 Å². The first-order valence-electron chi connectivity index (χ1n) is 7.20. The van der Waals surface area contributed by atoms with E-state index in [9.17, 15) is 23.6 Å². The zero-order valence-corrected chi connectivity index (χ0v) is 15.5. The third kappa shape index (κ3) is 4.79. The van der Waals surface area contributed by atoms with Crippen LogP contribution < -0.4 is 21.1 Å². The second-order valence-corrected chi connectivity index (χ2v) is 6.59. The summed E-state index contributed by atoms with van der Waals surface area (Å²) < 4.78 is 24.1. The SMILES string of the molecule is N#Cc1cc(N(c2scnc2C(=O)O)S(=O)[O-])ccc1NC(=O)CN=C(N)N. The number of aromatic carboxylic acids is 1. The van der Waals surface area contributed by atoms with Crippen LogP contribution in [-0.4, -0.2) is 43.2 Å². The highest BCUT2D eigenvalue weighted by Crippen LogP contribution is 2.35. The van der Waals surface area contributed by atoms with Gasteiger partial charge in [-0.3, -0.25) is 13.3 Å². The molecule has 0 radical (unpaired) electrons. The lowest BCUT2D eigenvalue weighted by Crippen LogP contribution is -2.25. The van der Waals surface area contributed by atoms with Gasteiger partial charge in [-0.2, -0.15) is 5.26 Å². The molecule has 1 aromatic carbocycles. The van der Waals surface area contributed by atoms with Gasteiger partial charge in [0, 0.05) is 0 Å². The number of hydrogen-bond acceptors (Lipinski definition) is 8. The Morgan fingerprint density at radius 1 is 1.46 bits per heavy atom. The highest BCUT2D eigenvalue weighted by Gasteiger charge is 2.22. The van der Waals surface area contributed by atoms with Crippen LogP contribution in [0.3, 0.4) is 0 Å². The minimum absolute atomic E-state index is 0.0149. The maximum Gasteiger partial charge on any atom is 0.357 e. The number of nitrogens with one attached hydrogen (secondary N) is 1. The van der Waals surface area contributed by atoms with Crippen molar-refractivity contribution < 1.29 is 23.5 Å². The van der Waals surface area contributed by atoms with Gasteiger partial charge in [-0.15, -0.1) is 11.3 Å². The fraction of sp³-hybridized carbons (Fsp3) is 0.0714. The van der Waals surface area contributed by atoms with Crippen LogP contribution in [0.1, 0.15) is 16.1 Å². The molecule has 1 heterocycles. The first kappa shape index (κ1) is 20.8. The molecule has 0 aliphatic rings. The van der Waals surface area contributed by atoms with E-state index in [2.05, 4.69) is 15.3 Å². The number of guanidine groups is 1. The molecule has 14 heteroatoms. The van der Waals surface area contributed by atoms with Crippen LogP contribution in [0.25, 0.3) is 0 Å². The van der Waals surface area contributed by atoms with Crippen LogP contribution in [0.2, 0.25) is 0 Å². The molecular weight excluding hydrogens is 410 g/mol. The topological polar surface area (TPSA) is 211 Å². The Labute approximate surface area is 164 Å². The molecule has 1 atom stereocenters. The van der Waals surface area contributed by atoms with Gasteiger partial charge in [0.05, 0.1) is 33.7 Å². The number of thiazole rings is 1. The molecule has 1 aromatic heterocycles. The molecule has 0 aliphatic heterocycles. The second kappa shape index (κ2) is 8.90. The number of nitriles is 1. The number of carbonyl (C=O) groups excluding carboxylic acids is 1. The summed E-state index contributed by atoms with van der Waals surface area (Å²) in [5.41, 5.74) is 11.0. The van der Waals surface area contributed by atoms with Crippen molar-refractivity contribution in [2.45, 2.75) is 0 Å². The number of rotatable bonds is 7. The number of benzene rings is 1. The number of nitrogens with zero attached hydrogens (tertiary/aromatic N) is 4. The van der Waals surface area contributed by atoms with Gasteiger partial charge in [0.2, 0.25) is 5.91 Å². The zero-order chi connectivity index (χ0) is 20.8. The molecule has 1 unspecified atom stereocenters. The Hall–Kier alpha value is -3.54. The lowest BCUT2D eigenvalue weighted by atomic mass is 10.1. The predicted octanol–water partition coefficient (Wildman–Crippen LogP) is -0.143. The van der Waals surface area contributed by atoms with E-state index < -0.39 is 28.8 Å². The van der Waals surface area contributed by atoms with E-state index in [0.717, 1.165) is 11.3 Å². The smallest absolute Gasteiger partial charge is 0.357 e. The molecule has 28 heavy (non-hydrogen) atoms. The largest absolute Gasteiger partial charge is 0.755 e. The number of amides is 1. The van der Waals surface area contributed by atoms with Crippen molar-refractivity contribution in [2.75, 3.05) is 16.2 Å². The van der Waals surface area contributed by atoms with Crippen LogP contribution in [0, 0.1) is 11.3 Å². The van der Waals surface area contributed by atoms with Gasteiger partial charge in [-0.1, -0.05) is 0 Å². The maximum atomic E-state index is 11.8. The van der Waals surface area contributed by atoms with E-state index in [1.54, 1.807) is 0 Å². The Kier molecular flexibility index (Phi) is 6.60. The van der Waals surface area contributed by atoms with Crippen LogP contribution >= 0.6 is 11.3 Å². The van der Waals surface area contributed by atoms with Crippen LogP contribution in [0.4, 0.5) is 16.4 Å². The van der Waals surface area contributed by atoms with E-state index in [1.165, 1.54) is 23.7 Å². The molecule has 0 fully saturated rings. The Balaban J connectivity index is 2.40. The number of carboxylic acids is 1. The number of nitrogens with two attached hydrogens (primary N) is 2. The molecule has 6 N–H and O–H groups in total. The normalized spacial score (nSPS) is 11.1. The van der Waals surface area contributed by atoms with E-state index in [1.807, 2.05) is 6.07 Å². The Morgan fingerprint density at radius 2 is 2.18 bits per heavy atom. The summed E-state index contributed by atoms with van der Waals surface area (Å²) in [7, 11) is 0. The van der Waals surface area contributed by atoms with E-state index >= 15 is 0 Å². The average Bonchev–Trinajstić information content (AvgIpc) is 3.10. The van der Waals surface area contributed by atoms with Crippen molar-refractivity contribution in [3.8, 4) is 6.07 Å². The van der Waals surface area contributed by atoms with Crippen LogP contribution in [-0.2, 0) is 16.1 Å². The first-order valence-corrected chi connectivity index (χ1v) is 9.11. The van der Waals surface area contributed by atoms with E-state index in [4.69, 9.17) is 16.6 Å². The number of aromatic nitrogens is 1. The van der Waals surface area contributed by atoms with Gasteiger partial charge in [0.25, 0.3) is 0 Å². The highest BCUT2D eigenvalue weighted by atomic mass is 32.2. The molecule has 12 nitrogen and oxygen atoms in total. The summed E-state index contributed by atoms with van der Waals surface area (Å²) in [5.74, 6) is -2.29. The molecule has 0 bridgehead atoms. The van der Waals surface area contributed by atoms with Crippen molar-refractivity contribution in [2.24, 2.45) is 16.5 Å². The fourth-order valence-corrected chi connectivity index (χ4v) is 3.54. The number of carbonyl (C=O) groups is 2. The lowest BCUT2D eigenvalue weighted by Gasteiger charge is -2.25. The van der Waals surface area contributed by atoms with Crippen LogP contribution in [0.15, 0.2) is 28.7 Å². The average molecular weight is 422 g/mol. The molecule has 0 aliphatic carbocycles. The van der Waals surface area contributed by atoms with Gasteiger partial charge in [-0.05, 0) is 18.2 Å². The lowest BCUT2D eigenvalue weighted by molar-refractivity contribution is -0.114. The minimum atomic E-state index is -2.90. The molecule has 0 saturated carbocycles. The fourth-order valence-electron chi connectivity index (χ4n) is 2.01. The van der Waals surface area contributed by atoms with Gasteiger partial charge in [-0.25, -0.2) is 14.8 Å². The quantitative estimate of drug-likeness (QED) is 0.265. The molecule has 146 valence electrons. The first-order chi connectivity index (χ1) is 13.2. The van der Waals surface area contributed by atoms with E-state index in [-0.39, 0.29) is 34.4 Å². The van der Waals surface area contributed by atoms with Crippen molar-refractivity contribution in [3.05, 3.63) is 35.0 Å². The number of carboxylic acid groups (broad SMARTS) is 1. The Bertz CT molecular complexity index is 1010. The summed E-state index contributed by atoms with van der Waals surface area (Å²) >= 11 is -2.10. The number of aliphatic imine (C=N–C) groups is 1. The zero-order valence-electron chi connectivity index (χ0n) is 13.9. The Morgan fingerprint density at radius 3 is 2.75 bits per heavy atom. The standard InChI is InChI=1S/C14H13N7O5S2/c15-4-7-3-8(1-2-9(7)20-10(22)5-18-14(16)17)21(28(25)26)12-11(13(23)24)19-6-27-12/h1-3,6H,5H2,(H,20,22)(H,23,24)(H,25,26)(H4,16,17,18)/p-1. The molecular formula is C14H12N7O5S2-. The highest BCUT2D eigenvalue weighted by molar-refractivity contribution is 7.81. The molecule has 2 rings (SSSR count). The third-order valence-electron chi connectivity index (χ3n) is 3.12. The van der Waals surface area contributed by atoms with Crippen molar-refractivity contribution in [3.63, 3.8) is 0 Å². The third-order valence-corrected chi connectivity index (χ3v) is 4.74. The van der Waals surface area contributed by atoms with Crippen molar-refractivity contribution in [1.82, 2.24) is 4.98 Å². The van der Waals surface area contributed by atoms with Crippen molar-refractivity contribution >= 4 is 56.8 Å². The predicted molar refractivity (Wildman–Crippen MR) is 101 cm³/mol. The van der Waals surface area contributed by atoms with Gasteiger partial charge in [0.1, 0.15) is 17.6 Å². The van der Waals surface area contributed by atoms with Crippen molar-refractivity contribution in [1.29, 1.82) is 5.26 Å². The number of hydrogen-bond donors (Lipinski definition) is 4. The summed E-state index contributed by atoms with van der Waals surface area (Å²) in [4.78, 5) is 30.2. The molecule has 2 aromatic rings. The second-order valence-electron chi connectivity index (χ2n) is 4.95. The molecule has 0 spiro atoms. The van der Waals surface area contributed by atoms with Crippen LogP contribution in [0.5, 0.6) is 0 Å². The maximum absolute atomic E-state index is 11.8. The number of anilines is 3. The van der Waals surface area contributed by atoms with Gasteiger partial charge >= 0.3 is 5.97 Å². The minimum Gasteiger partial charge on any atom is -0.755 e. The summed E-state index contributed by atoms with van der Waals surface area (Å²) in [6, 6.07) is 5.59. The van der Waals surface area contributed by atoms with Gasteiger partial charge in [0.15, 0.2) is 11.7 Å². The summed E-state index contributed by atoms with van der Waals surface area (Å²) in [6.45, 7) is -0.367. The summed E-state index contributed by atoms with van der Waals surface area (Å²) in [6.07, 6.45) is 0. The molecule has 0 saturated heterocycles. The summed E-state index contributed by atoms with van der Waals surface area (Å²) in [5, 5.41) is 20.7. The monoisotopic (exact) mass is 422 g/mol. The van der Waals surface area contributed by atoms with Gasteiger partial charge < -0.3 is 26.4 Å². The molecule has 1 amide bonds.